The van der Waals surface area contributed by atoms with E-state index in [0.717, 1.165) is 11.3 Å². The van der Waals surface area contributed by atoms with Crippen molar-refractivity contribution in [3.8, 4) is 0 Å². The van der Waals surface area contributed by atoms with Gasteiger partial charge in [0.2, 0.25) is 0 Å². The first-order valence-corrected chi connectivity index (χ1v) is 6.82. The predicted octanol–water partition coefficient (Wildman–Crippen LogP) is 2.42. The maximum atomic E-state index is 11.9. The fourth-order valence-corrected chi connectivity index (χ4v) is 1.85. The molecule has 2 aromatic rings. The Labute approximate surface area is 133 Å². The molecule has 0 radical (unpaired) electrons. The average Bonchev–Trinajstić information content (AvgIpc) is 2.55. The molecule has 0 heterocycles. The van der Waals surface area contributed by atoms with Gasteiger partial charge in [-0.2, -0.15) is 5.10 Å². The number of benzene rings is 2. The topological polar surface area (TPSA) is 87.8 Å². The number of carbonyl (C=O) groups is 1. The van der Waals surface area contributed by atoms with Crippen molar-refractivity contribution < 1.29 is 9.72 Å². The number of nitro benzene ring substituents is 1. The number of anilines is 1. The van der Waals surface area contributed by atoms with Gasteiger partial charge in [0.05, 0.1) is 11.1 Å². The monoisotopic (exact) mass is 312 g/mol. The van der Waals surface area contributed by atoms with Crippen LogP contribution in [0.25, 0.3) is 0 Å². The fraction of sp³-hybridized carbons (Fsp3) is 0.125. The van der Waals surface area contributed by atoms with Gasteiger partial charge in [0.15, 0.2) is 0 Å². The van der Waals surface area contributed by atoms with Crippen LogP contribution < -0.4 is 10.3 Å². The highest BCUT2D eigenvalue weighted by Gasteiger charge is 2.10. The molecule has 0 atom stereocenters. The second kappa shape index (κ2) is 7.17. The van der Waals surface area contributed by atoms with E-state index in [9.17, 15) is 14.9 Å². The van der Waals surface area contributed by atoms with Crippen molar-refractivity contribution in [3.63, 3.8) is 0 Å². The molecule has 1 N–H and O–H groups in total. The van der Waals surface area contributed by atoms with Gasteiger partial charge in [0, 0.05) is 37.5 Å². The van der Waals surface area contributed by atoms with Crippen LogP contribution in [0.4, 0.5) is 11.4 Å². The Morgan fingerprint density at radius 1 is 1.22 bits per heavy atom. The van der Waals surface area contributed by atoms with Gasteiger partial charge in [-0.1, -0.05) is 18.2 Å². The molecule has 0 unspecified atom stereocenters. The van der Waals surface area contributed by atoms with E-state index < -0.39 is 10.8 Å². The quantitative estimate of drug-likeness (QED) is 0.522. The lowest BCUT2D eigenvalue weighted by atomic mass is 10.2. The minimum atomic E-state index is -0.549. The second-order valence-corrected chi connectivity index (χ2v) is 4.99. The lowest BCUT2D eigenvalue weighted by molar-refractivity contribution is -0.384. The van der Waals surface area contributed by atoms with E-state index in [1.807, 2.05) is 43.3 Å². The summed E-state index contributed by atoms with van der Waals surface area (Å²) in [4.78, 5) is 24.0. The van der Waals surface area contributed by atoms with Crippen molar-refractivity contribution in [3.05, 3.63) is 69.8 Å². The molecule has 7 nitrogen and oxygen atoms in total. The van der Waals surface area contributed by atoms with Gasteiger partial charge < -0.3 is 4.90 Å². The van der Waals surface area contributed by atoms with E-state index in [1.165, 1.54) is 30.5 Å². The molecule has 7 heteroatoms. The van der Waals surface area contributed by atoms with Crippen LogP contribution in [0, 0.1) is 10.1 Å². The molecule has 118 valence electrons. The molecule has 0 spiro atoms. The summed E-state index contributed by atoms with van der Waals surface area (Å²) in [6, 6.07) is 13.1. The molecule has 2 rings (SSSR count). The van der Waals surface area contributed by atoms with Crippen LogP contribution in [-0.4, -0.2) is 31.1 Å². The highest BCUT2D eigenvalue weighted by atomic mass is 16.6. The summed E-state index contributed by atoms with van der Waals surface area (Å²) in [5, 5.41) is 14.5. The van der Waals surface area contributed by atoms with E-state index in [1.54, 1.807) is 0 Å². The lowest BCUT2D eigenvalue weighted by Crippen LogP contribution is -2.17. The molecule has 0 saturated heterocycles. The first-order chi connectivity index (χ1) is 11.0. The van der Waals surface area contributed by atoms with Crippen molar-refractivity contribution in [1.82, 2.24) is 5.43 Å². The van der Waals surface area contributed by atoms with E-state index in [2.05, 4.69) is 10.5 Å². The highest BCUT2D eigenvalue weighted by Crippen LogP contribution is 2.13. The van der Waals surface area contributed by atoms with E-state index >= 15 is 0 Å². The minimum absolute atomic E-state index is 0.138. The molecule has 0 aromatic heterocycles. The predicted molar refractivity (Wildman–Crippen MR) is 88.9 cm³/mol. The van der Waals surface area contributed by atoms with Crippen LogP contribution in [-0.2, 0) is 0 Å². The lowest BCUT2D eigenvalue weighted by Gasteiger charge is -2.11. The van der Waals surface area contributed by atoms with Crippen LogP contribution >= 0.6 is 0 Å². The first kappa shape index (κ1) is 16.2. The number of nitrogens with one attached hydrogen (secondary N) is 1. The normalized spacial score (nSPS) is 10.5. The molecular formula is C16H16N4O3. The zero-order valence-corrected chi connectivity index (χ0v) is 12.8. The minimum Gasteiger partial charge on any atom is -0.378 e. The van der Waals surface area contributed by atoms with Gasteiger partial charge in [0.25, 0.3) is 11.6 Å². The molecule has 2 aromatic carbocycles. The number of hydrogen-bond acceptors (Lipinski definition) is 5. The molecule has 0 fully saturated rings. The largest absolute Gasteiger partial charge is 0.378 e. The maximum Gasteiger partial charge on any atom is 0.271 e. The standard InChI is InChI=1S/C16H16N4O3/c1-19(2)14-8-6-12(7-9-14)11-17-18-16(21)13-4-3-5-15(10-13)20(22)23/h3-11H,1-2H3,(H,18,21)/b17-11+. The molecular weight excluding hydrogens is 296 g/mol. The van der Waals surface area contributed by atoms with Crippen LogP contribution in [0.15, 0.2) is 53.6 Å². The van der Waals surface area contributed by atoms with Crippen molar-refractivity contribution >= 4 is 23.5 Å². The summed E-state index contributed by atoms with van der Waals surface area (Å²) < 4.78 is 0. The SMILES string of the molecule is CN(C)c1ccc(/C=N/NC(=O)c2cccc([N+](=O)[O-])c2)cc1. The second-order valence-electron chi connectivity index (χ2n) is 4.99. The van der Waals surface area contributed by atoms with Crippen LogP contribution in [0.1, 0.15) is 15.9 Å². The van der Waals surface area contributed by atoms with Gasteiger partial charge in [-0.25, -0.2) is 5.43 Å². The zero-order chi connectivity index (χ0) is 16.8. The maximum absolute atomic E-state index is 11.9. The summed E-state index contributed by atoms with van der Waals surface area (Å²) in [5.74, 6) is -0.505. The van der Waals surface area contributed by atoms with Crippen molar-refractivity contribution in [2.45, 2.75) is 0 Å². The molecule has 0 saturated carbocycles. The molecule has 1 amide bonds. The molecule has 23 heavy (non-hydrogen) atoms. The number of rotatable bonds is 5. The third-order valence-electron chi connectivity index (χ3n) is 3.11. The summed E-state index contributed by atoms with van der Waals surface area (Å²) >= 11 is 0. The van der Waals surface area contributed by atoms with Gasteiger partial charge >= 0.3 is 0 Å². The van der Waals surface area contributed by atoms with E-state index in [-0.39, 0.29) is 11.3 Å². The third-order valence-corrected chi connectivity index (χ3v) is 3.11. The highest BCUT2D eigenvalue weighted by molar-refractivity contribution is 5.95. The Hall–Kier alpha value is -3.22. The van der Waals surface area contributed by atoms with E-state index in [0.29, 0.717) is 0 Å². The Kier molecular flexibility index (Phi) is 5.03. The third kappa shape index (κ3) is 4.37. The number of hydrazone groups is 1. The number of nitro groups is 1. The van der Waals surface area contributed by atoms with Crippen molar-refractivity contribution in [2.75, 3.05) is 19.0 Å². The van der Waals surface area contributed by atoms with Crippen LogP contribution in [0.5, 0.6) is 0 Å². The Balaban J connectivity index is 2.01. The van der Waals surface area contributed by atoms with Crippen molar-refractivity contribution in [2.24, 2.45) is 5.10 Å². The van der Waals surface area contributed by atoms with Gasteiger partial charge in [-0.15, -0.1) is 0 Å². The van der Waals surface area contributed by atoms with Gasteiger partial charge in [-0.05, 0) is 23.8 Å². The fourth-order valence-electron chi connectivity index (χ4n) is 1.85. The summed E-state index contributed by atoms with van der Waals surface area (Å²) in [6.45, 7) is 0. The Morgan fingerprint density at radius 2 is 1.91 bits per heavy atom. The average molecular weight is 312 g/mol. The van der Waals surface area contributed by atoms with Crippen LogP contribution in [0.2, 0.25) is 0 Å². The molecule has 0 aliphatic heterocycles. The summed E-state index contributed by atoms with van der Waals surface area (Å²) in [5.41, 5.74) is 4.28. The summed E-state index contributed by atoms with van der Waals surface area (Å²) in [7, 11) is 3.89. The number of non-ortho nitro benzene ring substituents is 1. The molecule has 0 aliphatic rings. The summed E-state index contributed by atoms with van der Waals surface area (Å²) in [6.07, 6.45) is 1.51. The van der Waals surface area contributed by atoms with Crippen LogP contribution in [0.3, 0.4) is 0 Å². The van der Waals surface area contributed by atoms with E-state index in [4.69, 9.17) is 0 Å². The van der Waals surface area contributed by atoms with Gasteiger partial charge in [-0.3, -0.25) is 14.9 Å². The van der Waals surface area contributed by atoms with Crippen molar-refractivity contribution in [1.29, 1.82) is 0 Å². The Morgan fingerprint density at radius 3 is 2.52 bits per heavy atom. The number of carbonyl (C=O) groups excluding carboxylic acids is 1. The smallest absolute Gasteiger partial charge is 0.271 e. The number of amides is 1. The van der Waals surface area contributed by atoms with Gasteiger partial charge in [0.1, 0.15) is 0 Å². The Bertz CT molecular complexity index is 739. The first-order valence-electron chi connectivity index (χ1n) is 6.82. The zero-order valence-electron chi connectivity index (χ0n) is 12.8. The number of nitrogens with zero attached hydrogens (tertiary/aromatic N) is 3. The molecule has 0 bridgehead atoms. The molecule has 0 aliphatic carbocycles. The number of hydrogen-bond donors (Lipinski definition) is 1.